The van der Waals surface area contributed by atoms with Crippen LogP contribution in [0.5, 0.6) is 0 Å². The van der Waals surface area contributed by atoms with E-state index in [1.165, 1.54) is 0 Å². The first-order valence-electron chi connectivity index (χ1n) is 5.53. The molecule has 0 amide bonds. The van der Waals surface area contributed by atoms with Crippen molar-refractivity contribution in [3.05, 3.63) is 42.9 Å². The molecule has 1 aromatic rings. The van der Waals surface area contributed by atoms with Crippen LogP contribution in [-0.4, -0.2) is 36.3 Å². The van der Waals surface area contributed by atoms with Crippen LogP contribution < -0.4 is 0 Å². The van der Waals surface area contributed by atoms with E-state index in [0.29, 0.717) is 13.0 Å². The van der Waals surface area contributed by atoms with Gasteiger partial charge in [0.25, 0.3) is 0 Å². The Kier molecular flexibility index (Phi) is 3.28. The van der Waals surface area contributed by atoms with Gasteiger partial charge in [-0.25, -0.2) is 0 Å². The minimum Gasteiger partial charge on any atom is -0.457 e. The predicted molar refractivity (Wildman–Crippen MR) is 62.7 cm³/mol. The monoisotopic (exact) mass is 220 g/mol. The lowest BCUT2D eigenvalue weighted by atomic mass is 9.82. The van der Waals surface area contributed by atoms with Crippen LogP contribution >= 0.6 is 0 Å². The molecular formula is C13H18NO2-. The molecule has 3 heteroatoms. The van der Waals surface area contributed by atoms with Gasteiger partial charge in [-0.05, 0) is 25.1 Å². The zero-order chi connectivity index (χ0) is 11.6. The number of likely N-dealkylation sites (tertiary alicyclic amines) is 1. The average Bonchev–Trinajstić information content (AvgIpc) is 2.33. The van der Waals surface area contributed by atoms with E-state index in [9.17, 15) is 5.11 Å². The molecule has 3 nitrogen and oxygen atoms in total. The molecule has 88 valence electrons. The molecule has 1 saturated heterocycles. The normalized spacial score (nSPS) is 31.6. The number of rotatable bonds is 2. The van der Waals surface area contributed by atoms with Crippen molar-refractivity contribution in [2.75, 3.05) is 20.2 Å². The van der Waals surface area contributed by atoms with Crippen molar-refractivity contribution in [1.82, 2.24) is 4.90 Å². The standard InChI is InChI=1S/C13H18NO2/c1-14-9-8-13(15,12(10-14)16-2)11-6-4-3-5-7-11/h3-7,12,15H,1,8-10H2,2H3/q-1. The van der Waals surface area contributed by atoms with Crippen LogP contribution in [-0.2, 0) is 10.3 Å². The van der Waals surface area contributed by atoms with Gasteiger partial charge in [-0.3, -0.25) is 7.05 Å². The summed E-state index contributed by atoms with van der Waals surface area (Å²) in [6.07, 6.45) is 0.431. The van der Waals surface area contributed by atoms with Crippen LogP contribution in [0.4, 0.5) is 0 Å². The second-order valence-corrected chi connectivity index (χ2v) is 4.34. The van der Waals surface area contributed by atoms with E-state index in [1.807, 2.05) is 35.2 Å². The van der Waals surface area contributed by atoms with E-state index in [-0.39, 0.29) is 6.10 Å². The quantitative estimate of drug-likeness (QED) is 0.764. The number of hydrogen-bond donors (Lipinski definition) is 1. The zero-order valence-corrected chi connectivity index (χ0v) is 9.60. The Bertz CT molecular complexity index is 341. The van der Waals surface area contributed by atoms with Crippen molar-refractivity contribution >= 4 is 0 Å². The molecule has 2 atom stereocenters. The molecule has 0 spiro atoms. The summed E-state index contributed by atoms with van der Waals surface area (Å²) in [7, 11) is 5.53. The smallest absolute Gasteiger partial charge is 0.118 e. The number of methoxy groups -OCH3 is 1. The van der Waals surface area contributed by atoms with Gasteiger partial charge in [-0.2, -0.15) is 0 Å². The van der Waals surface area contributed by atoms with Gasteiger partial charge < -0.3 is 14.7 Å². The van der Waals surface area contributed by atoms with Crippen LogP contribution in [0.2, 0.25) is 0 Å². The number of ether oxygens (including phenoxy) is 1. The number of benzene rings is 1. The zero-order valence-electron chi connectivity index (χ0n) is 9.60. The topological polar surface area (TPSA) is 32.7 Å². The molecule has 1 aliphatic heterocycles. The molecular weight excluding hydrogens is 202 g/mol. The third-order valence-corrected chi connectivity index (χ3v) is 3.32. The highest BCUT2D eigenvalue weighted by Crippen LogP contribution is 2.34. The SMILES string of the molecule is [CH2-]N1CCC(O)(c2ccccc2)C(OC)C1. The summed E-state index contributed by atoms with van der Waals surface area (Å²) < 4.78 is 5.40. The second-order valence-electron chi connectivity index (χ2n) is 4.34. The van der Waals surface area contributed by atoms with E-state index >= 15 is 0 Å². The first-order valence-corrected chi connectivity index (χ1v) is 5.53. The highest BCUT2D eigenvalue weighted by atomic mass is 16.5. The largest absolute Gasteiger partial charge is 0.457 e. The molecule has 0 aromatic heterocycles. The molecule has 0 radical (unpaired) electrons. The Hall–Kier alpha value is -0.900. The van der Waals surface area contributed by atoms with E-state index in [4.69, 9.17) is 4.74 Å². The van der Waals surface area contributed by atoms with Gasteiger partial charge in [0.2, 0.25) is 0 Å². The minimum atomic E-state index is -0.885. The van der Waals surface area contributed by atoms with E-state index in [1.54, 1.807) is 7.11 Å². The number of nitrogens with zero attached hydrogens (tertiary/aromatic N) is 1. The highest BCUT2D eigenvalue weighted by Gasteiger charge is 2.40. The third-order valence-electron chi connectivity index (χ3n) is 3.32. The Balaban J connectivity index is 2.29. The van der Waals surface area contributed by atoms with Crippen molar-refractivity contribution in [1.29, 1.82) is 0 Å². The fourth-order valence-corrected chi connectivity index (χ4v) is 2.29. The van der Waals surface area contributed by atoms with Gasteiger partial charge in [-0.15, -0.1) is 0 Å². The Labute approximate surface area is 96.6 Å². The first-order chi connectivity index (χ1) is 7.66. The number of hydrogen-bond acceptors (Lipinski definition) is 3. The maximum atomic E-state index is 10.7. The molecule has 0 bridgehead atoms. The first kappa shape index (κ1) is 11.6. The number of piperidine rings is 1. The lowest BCUT2D eigenvalue weighted by Gasteiger charge is -2.46. The summed E-state index contributed by atoms with van der Waals surface area (Å²) in [5, 5.41) is 10.7. The van der Waals surface area contributed by atoms with Crippen LogP contribution in [0.15, 0.2) is 30.3 Å². The predicted octanol–water partition coefficient (Wildman–Crippen LogP) is 1.39. The van der Waals surface area contributed by atoms with Crippen molar-refractivity contribution in [3.63, 3.8) is 0 Å². The molecule has 1 N–H and O–H groups in total. The summed E-state index contributed by atoms with van der Waals surface area (Å²) in [6, 6.07) is 9.73. The van der Waals surface area contributed by atoms with Crippen LogP contribution in [0.25, 0.3) is 0 Å². The number of aliphatic hydroxyl groups is 1. The van der Waals surface area contributed by atoms with Gasteiger partial charge in [0.15, 0.2) is 0 Å². The van der Waals surface area contributed by atoms with Crippen LogP contribution in [0, 0.1) is 7.05 Å². The summed E-state index contributed by atoms with van der Waals surface area (Å²) in [4.78, 5) is 1.94. The van der Waals surface area contributed by atoms with Crippen molar-refractivity contribution in [2.45, 2.75) is 18.1 Å². The maximum absolute atomic E-state index is 10.7. The Morgan fingerprint density at radius 1 is 1.44 bits per heavy atom. The molecule has 0 aliphatic carbocycles. The lowest BCUT2D eigenvalue weighted by Crippen LogP contribution is -2.52. The summed E-state index contributed by atoms with van der Waals surface area (Å²) in [5.41, 5.74) is 0.0412. The molecule has 2 rings (SSSR count). The van der Waals surface area contributed by atoms with Crippen molar-refractivity contribution in [3.8, 4) is 0 Å². The molecule has 1 aromatic carbocycles. The summed E-state index contributed by atoms with van der Waals surface area (Å²) in [6.45, 7) is 1.44. The fourth-order valence-electron chi connectivity index (χ4n) is 2.29. The highest BCUT2D eigenvalue weighted by molar-refractivity contribution is 5.25. The third kappa shape index (κ3) is 1.98. The fraction of sp³-hybridized carbons (Fsp3) is 0.462. The van der Waals surface area contributed by atoms with Gasteiger partial charge in [0.05, 0.1) is 0 Å². The van der Waals surface area contributed by atoms with E-state index < -0.39 is 5.60 Å². The molecule has 1 aliphatic rings. The van der Waals surface area contributed by atoms with E-state index in [2.05, 4.69) is 7.05 Å². The molecule has 0 saturated carbocycles. The molecule has 16 heavy (non-hydrogen) atoms. The van der Waals surface area contributed by atoms with Crippen molar-refractivity contribution < 1.29 is 9.84 Å². The minimum absolute atomic E-state index is 0.221. The Morgan fingerprint density at radius 2 is 2.12 bits per heavy atom. The molecule has 1 heterocycles. The van der Waals surface area contributed by atoms with Gasteiger partial charge in [0, 0.05) is 7.11 Å². The van der Waals surface area contributed by atoms with Crippen LogP contribution in [0.3, 0.4) is 0 Å². The van der Waals surface area contributed by atoms with Crippen LogP contribution in [0.1, 0.15) is 12.0 Å². The lowest BCUT2D eigenvalue weighted by molar-refractivity contribution is -0.133. The van der Waals surface area contributed by atoms with Gasteiger partial charge in [0.1, 0.15) is 11.7 Å². The maximum Gasteiger partial charge on any atom is 0.118 e. The average molecular weight is 220 g/mol. The second kappa shape index (κ2) is 4.53. The summed E-state index contributed by atoms with van der Waals surface area (Å²) >= 11 is 0. The molecule has 2 unspecified atom stereocenters. The molecule has 1 fully saturated rings. The summed E-state index contributed by atoms with van der Waals surface area (Å²) in [5.74, 6) is 0. The van der Waals surface area contributed by atoms with Gasteiger partial charge in [-0.1, -0.05) is 30.3 Å². The van der Waals surface area contributed by atoms with Crippen molar-refractivity contribution in [2.24, 2.45) is 0 Å². The Morgan fingerprint density at radius 3 is 2.75 bits per heavy atom. The van der Waals surface area contributed by atoms with E-state index in [0.717, 1.165) is 12.1 Å². The van der Waals surface area contributed by atoms with Gasteiger partial charge >= 0.3 is 0 Å².